The van der Waals surface area contributed by atoms with Gasteiger partial charge in [-0.15, -0.1) is 11.6 Å². The van der Waals surface area contributed by atoms with Crippen molar-refractivity contribution >= 4 is 17.5 Å². The van der Waals surface area contributed by atoms with Crippen LogP contribution in [0.2, 0.25) is 0 Å². The summed E-state index contributed by atoms with van der Waals surface area (Å²) >= 11 is 6.15. The number of carbonyl (C=O) groups excluding carboxylic acids is 1. The lowest BCUT2D eigenvalue weighted by Gasteiger charge is -2.13. The number of alkyl halides is 1. The number of halogens is 1. The van der Waals surface area contributed by atoms with Gasteiger partial charge in [0.15, 0.2) is 0 Å². The van der Waals surface area contributed by atoms with Crippen LogP contribution in [0.25, 0.3) is 0 Å². The second-order valence-corrected chi connectivity index (χ2v) is 5.62. The number of rotatable bonds is 6. The second kappa shape index (κ2) is 7.85. The Morgan fingerprint density at radius 3 is 2.64 bits per heavy atom. The van der Waals surface area contributed by atoms with Crippen LogP contribution in [0, 0.1) is 13.8 Å². The van der Waals surface area contributed by atoms with Gasteiger partial charge in [-0.25, -0.2) is 0 Å². The summed E-state index contributed by atoms with van der Waals surface area (Å²) in [5.41, 5.74) is 3.02. The van der Waals surface area contributed by atoms with Gasteiger partial charge in [-0.05, 0) is 36.6 Å². The number of ether oxygens (including phenoxy) is 1. The molecule has 0 heterocycles. The van der Waals surface area contributed by atoms with E-state index in [1.807, 2.05) is 62.4 Å². The summed E-state index contributed by atoms with van der Waals surface area (Å²) in [6.45, 7) is 4.85. The summed E-state index contributed by atoms with van der Waals surface area (Å²) < 4.78 is 5.70. The van der Waals surface area contributed by atoms with Gasteiger partial charge in [0.1, 0.15) is 17.7 Å². The third kappa shape index (κ3) is 4.50. The van der Waals surface area contributed by atoms with Crippen molar-refractivity contribution in [2.75, 3.05) is 13.2 Å². The van der Waals surface area contributed by atoms with Crippen molar-refractivity contribution in [2.45, 2.75) is 19.2 Å². The maximum absolute atomic E-state index is 12.0. The van der Waals surface area contributed by atoms with E-state index in [1.165, 1.54) is 0 Å². The van der Waals surface area contributed by atoms with E-state index in [1.54, 1.807) is 0 Å². The van der Waals surface area contributed by atoms with Gasteiger partial charge < -0.3 is 10.1 Å². The van der Waals surface area contributed by atoms with Gasteiger partial charge in [0, 0.05) is 0 Å². The molecule has 0 aromatic heterocycles. The largest absolute Gasteiger partial charge is 0.491 e. The van der Waals surface area contributed by atoms with Crippen LogP contribution in [0.5, 0.6) is 5.75 Å². The molecule has 1 atom stereocenters. The Labute approximate surface area is 136 Å². The number of aryl methyl sites for hydroxylation is 2. The fourth-order valence-corrected chi connectivity index (χ4v) is 2.28. The molecule has 1 N–H and O–H groups in total. The van der Waals surface area contributed by atoms with E-state index in [0.717, 1.165) is 22.4 Å². The van der Waals surface area contributed by atoms with Crippen molar-refractivity contribution in [3.63, 3.8) is 0 Å². The lowest BCUT2D eigenvalue weighted by molar-refractivity contribution is -0.120. The molecule has 116 valence electrons. The van der Waals surface area contributed by atoms with E-state index < -0.39 is 5.38 Å². The van der Waals surface area contributed by atoms with Crippen LogP contribution in [0.3, 0.4) is 0 Å². The van der Waals surface area contributed by atoms with Gasteiger partial charge >= 0.3 is 0 Å². The first-order valence-electron chi connectivity index (χ1n) is 7.24. The van der Waals surface area contributed by atoms with Crippen LogP contribution in [0.15, 0.2) is 48.5 Å². The fourth-order valence-electron chi connectivity index (χ4n) is 2.06. The molecule has 0 aliphatic heterocycles. The quantitative estimate of drug-likeness (QED) is 0.650. The highest BCUT2D eigenvalue weighted by Gasteiger charge is 2.16. The topological polar surface area (TPSA) is 38.3 Å². The van der Waals surface area contributed by atoms with Crippen molar-refractivity contribution in [2.24, 2.45) is 0 Å². The molecule has 0 spiro atoms. The molecule has 1 unspecified atom stereocenters. The Hall–Kier alpha value is -2.00. The van der Waals surface area contributed by atoms with E-state index in [-0.39, 0.29) is 5.91 Å². The number of hydrogen-bond donors (Lipinski definition) is 1. The van der Waals surface area contributed by atoms with Crippen LogP contribution in [-0.4, -0.2) is 19.1 Å². The highest BCUT2D eigenvalue weighted by Crippen LogP contribution is 2.20. The van der Waals surface area contributed by atoms with E-state index in [0.29, 0.717) is 13.2 Å². The van der Waals surface area contributed by atoms with E-state index in [9.17, 15) is 4.79 Å². The lowest BCUT2D eigenvalue weighted by Crippen LogP contribution is -2.30. The Balaban J connectivity index is 1.79. The van der Waals surface area contributed by atoms with E-state index in [4.69, 9.17) is 16.3 Å². The molecule has 1 amide bonds. The third-order valence-electron chi connectivity index (χ3n) is 3.32. The van der Waals surface area contributed by atoms with Crippen molar-refractivity contribution in [1.82, 2.24) is 5.32 Å². The highest BCUT2D eigenvalue weighted by molar-refractivity contribution is 6.30. The summed E-state index contributed by atoms with van der Waals surface area (Å²) in [7, 11) is 0. The van der Waals surface area contributed by atoms with Crippen LogP contribution in [-0.2, 0) is 4.79 Å². The number of benzene rings is 2. The minimum atomic E-state index is -0.679. The Kier molecular flexibility index (Phi) is 5.84. The Morgan fingerprint density at radius 2 is 1.91 bits per heavy atom. The molecule has 0 fully saturated rings. The molecule has 4 heteroatoms. The van der Waals surface area contributed by atoms with Crippen molar-refractivity contribution in [3.05, 3.63) is 65.2 Å². The summed E-state index contributed by atoms with van der Waals surface area (Å²) in [5.74, 6) is 0.636. The summed E-state index contributed by atoms with van der Waals surface area (Å²) in [6.07, 6.45) is 0. The van der Waals surface area contributed by atoms with Gasteiger partial charge in [0.25, 0.3) is 0 Å². The maximum Gasteiger partial charge on any atom is 0.242 e. The molecule has 0 saturated carbocycles. The van der Waals surface area contributed by atoms with Crippen molar-refractivity contribution < 1.29 is 9.53 Å². The first kappa shape index (κ1) is 16.4. The van der Waals surface area contributed by atoms with Crippen molar-refractivity contribution in [3.8, 4) is 5.75 Å². The smallest absolute Gasteiger partial charge is 0.242 e. The molecule has 0 saturated heterocycles. The first-order chi connectivity index (χ1) is 10.6. The van der Waals surface area contributed by atoms with Crippen LogP contribution in [0.4, 0.5) is 0 Å². The molecule has 2 rings (SSSR count). The number of hydrogen-bond acceptors (Lipinski definition) is 2. The van der Waals surface area contributed by atoms with E-state index in [2.05, 4.69) is 5.32 Å². The Morgan fingerprint density at radius 1 is 1.18 bits per heavy atom. The van der Waals surface area contributed by atoms with Gasteiger partial charge in [-0.1, -0.05) is 42.5 Å². The van der Waals surface area contributed by atoms with Gasteiger partial charge in [-0.3, -0.25) is 4.79 Å². The van der Waals surface area contributed by atoms with Gasteiger partial charge in [0.05, 0.1) is 6.54 Å². The average molecular weight is 318 g/mol. The van der Waals surface area contributed by atoms with Crippen LogP contribution >= 0.6 is 11.6 Å². The first-order valence-corrected chi connectivity index (χ1v) is 7.68. The van der Waals surface area contributed by atoms with E-state index >= 15 is 0 Å². The standard InChI is InChI=1S/C18H20ClNO2/c1-13-8-9-14(2)16(12-13)22-11-10-20-18(21)17(19)15-6-4-3-5-7-15/h3-9,12,17H,10-11H2,1-2H3,(H,20,21). The van der Waals surface area contributed by atoms with Crippen molar-refractivity contribution in [1.29, 1.82) is 0 Å². The zero-order valence-electron chi connectivity index (χ0n) is 12.8. The molecule has 3 nitrogen and oxygen atoms in total. The highest BCUT2D eigenvalue weighted by atomic mass is 35.5. The zero-order valence-corrected chi connectivity index (χ0v) is 13.6. The van der Waals surface area contributed by atoms with Crippen LogP contribution < -0.4 is 10.1 Å². The summed E-state index contributed by atoms with van der Waals surface area (Å²) in [5, 5.41) is 2.11. The van der Waals surface area contributed by atoms with Crippen LogP contribution in [0.1, 0.15) is 22.1 Å². The predicted molar refractivity (Wildman–Crippen MR) is 89.5 cm³/mol. The minimum Gasteiger partial charge on any atom is -0.491 e. The molecule has 0 aliphatic rings. The number of carbonyl (C=O) groups is 1. The number of nitrogens with one attached hydrogen (secondary N) is 1. The maximum atomic E-state index is 12.0. The average Bonchev–Trinajstić information content (AvgIpc) is 2.54. The second-order valence-electron chi connectivity index (χ2n) is 5.18. The molecule has 2 aromatic carbocycles. The number of amides is 1. The van der Waals surface area contributed by atoms with Gasteiger partial charge in [0.2, 0.25) is 5.91 Å². The molecular formula is C18H20ClNO2. The molecule has 2 aromatic rings. The SMILES string of the molecule is Cc1ccc(C)c(OCCNC(=O)C(Cl)c2ccccc2)c1. The predicted octanol–water partition coefficient (Wildman–Crippen LogP) is 3.78. The summed E-state index contributed by atoms with van der Waals surface area (Å²) in [4.78, 5) is 12.0. The zero-order chi connectivity index (χ0) is 15.9. The minimum absolute atomic E-state index is 0.211. The summed E-state index contributed by atoms with van der Waals surface area (Å²) in [6, 6.07) is 15.3. The molecule has 0 aliphatic carbocycles. The fraction of sp³-hybridized carbons (Fsp3) is 0.278. The molecule has 0 radical (unpaired) electrons. The lowest BCUT2D eigenvalue weighted by atomic mass is 10.1. The van der Waals surface area contributed by atoms with Gasteiger partial charge in [-0.2, -0.15) is 0 Å². The normalized spacial score (nSPS) is 11.8. The third-order valence-corrected chi connectivity index (χ3v) is 3.78. The monoisotopic (exact) mass is 317 g/mol. The molecular weight excluding hydrogens is 298 g/mol. The Bertz CT molecular complexity index is 628. The molecule has 22 heavy (non-hydrogen) atoms. The molecule has 0 bridgehead atoms.